The van der Waals surface area contributed by atoms with Crippen LogP contribution in [0, 0.1) is 22.7 Å². The normalized spacial score (nSPS) is 38.6. The molecule has 3 saturated carbocycles. The van der Waals surface area contributed by atoms with Crippen LogP contribution in [0.1, 0.15) is 79.6 Å². The number of Topliss-reactive ketones (excluding diaryl/α,β-unsaturated/α-hetero) is 1. The molecule has 9 atom stereocenters. The predicted molar refractivity (Wildman–Crippen MR) is 174 cm³/mol. The molecular formula is C34H45FINO10. The molecule has 0 aromatic carbocycles. The Balaban J connectivity index is 1.36. The third kappa shape index (κ3) is 5.90. The molecule has 2 N–H and O–H groups in total. The summed E-state index contributed by atoms with van der Waals surface area (Å²) in [7, 11) is 0. The van der Waals surface area contributed by atoms with Gasteiger partial charge in [0.1, 0.15) is 6.04 Å². The van der Waals surface area contributed by atoms with Gasteiger partial charge in [0.05, 0.1) is 25.2 Å². The maximum absolute atomic E-state index is 17.6. The summed E-state index contributed by atoms with van der Waals surface area (Å²) in [6.07, 6.45) is 4.02. The highest BCUT2D eigenvalue weighted by Crippen LogP contribution is 2.72. The molecule has 0 radical (unpaired) electrons. The molecule has 4 aliphatic carbocycles. The average Bonchev–Trinajstić information content (AvgIpc) is 3.40. The van der Waals surface area contributed by atoms with Crippen molar-refractivity contribution in [3.05, 3.63) is 23.8 Å². The Labute approximate surface area is 287 Å². The molecule has 260 valence electrons. The van der Waals surface area contributed by atoms with Gasteiger partial charge in [0.2, 0.25) is 11.7 Å². The van der Waals surface area contributed by atoms with E-state index in [2.05, 4.69) is 27.9 Å². The van der Waals surface area contributed by atoms with E-state index < -0.39 is 94.6 Å². The second-order valence-corrected chi connectivity index (χ2v) is 15.5. The number of esters is 2. The lowest BCUT2D eigenvalue weighted by atomic mass is 9.44. The molecule has 5 aliphatic rings. The number of allylic oxidation sites excluding steroid dienone is 4. The van der Waals surface area contributed by atoms with E-state index in [1.165, 1.54) is 19.1 Å². The standard InChI is InChI=1S/C34H45FINO10/c1-19(38)37-24(29(43)44-13-7-6-12-36)16-28(42)45-18-26(41)34-27(46-30(2,3)47-34)15-23-22-9-8-20-14-21(39)10-11-31(20,4)33(22,35)25(40)17-32(23,34)5/h10-11,14,22-25,27,40H,6-9,12-13,15-18H2,1-5H3,(H,37,38)/t22-,23-,24?,25-,27+,31-,32-,33-,34+/m0/s1. The number of amides is 1. The zero-order chi connectivity index (χ0) is 34.6. The van der Waals surface area contributed by atoms with Crippen molar-refractivity contribution in [3.8, 4) is 0 Å². The van der Waals surface area contributed by atoms with Crippen molar-refractivity contribution in [2.45, 2.75) is 115 Å². The number of carbonyl (C=O) groups is 5. The van der Waals surface area contributed by atoms with Crippen LogP contribution in [0.4, 0.5) is 4.39 Å². The molecule has 0 bridgehead atoms. The van der Waals surface area contributed by atoms with Crippen LogP contribution in [0.25, 0.3) is 0 Å². The molecule has 1 aliphatic heterocycles. The molecule has 4 fully saturated rings. The van der Waals surface area contributed by atoms with Gasteiger partial charge in [0, 0.05) is 23.7 Å². The number of carbonyl (C=O) groups excluding carboxylic acids is 5. The minimum absolute atomic E-state index is 0.126. The molecular weight excluding hydrogens is 728 g/mol. The van der Waals surface area contributed by atoms with Crippen molar-refractivity contribution >= 4 is 52.0 Å². The zero-order valence-electron chi connectivity index (χ0n) is 27.6. The van der Waals surface area contributed by atoms with Crippen molar-refractivity contribution in [2.24, 2.45) is 22.7 Å². The Bertz CT molecular complexity index is 1400. The molecule has 1 heterocycles. The first-order valence-electron chi connectivity index (χ1n) is 16.3. The second kappa shape index (κ2) is 12.9. The third-order valence-corrected chi connectivity index (χ3v) is 12.0. The van der Waals surface area contributed by atoms with Crippen molar-refractivity contribution in [3.63, 3.8) is 0 Å². The summed E-state index contributed by atoms with van der Waals surface area (Å²) in [4.78, 5) is 63.8. The number of alkyl halides is 2. The van der Waals surface area contributed by atoms with Crippen LogP contribution < -0.4 is 5.32 Å². The molecule has 0 aromatic rings. The Morgan fingerprint density at radius 2 is 1.87 bits per heavy atom. The van der Waals surface area contributed by atoms with E-state index in [1.807, 2.05) is 6.92 Å². The number of rotatable bonds is 11. The van der Waals surface area contributed by atoms with Crippen LogP contribution in [0.3, 0.4) is 0 Å². The molecule has 0 spiro atoms. The number of aliphatic hydroxyl groups is 1. The summed E-state index contributed by atoms with van der Waals surface area (Å²) >= 11 is 2.21. The lowest BCUT2D eigenvalue weighted by molar-refractivity contribution is -0.246. The first-order chi connectivity index (χ1) is 21.9. The summed E-state index contributed by atoms with van der Waals surface area (Å²) in [6, 6.07) is -1.29. The fourth-order valence-corrected chi connectivity index (χ4v) is 9.74. The first-order valence-corrected chi connectivity index (χ1v) is 17.9. The van der Waals surface area contributed by atoms with Gasteiger partial charge in [-0.25, -0.2) is 9.18 Å². The Kier molecular flexibility index (Phi) is 9.90. The van der Waals surface area contributed by atoms with E-state index in [-0.39, 0.29) is 25.2 Å². The predicted octanol–water partition coefficient (Wildman–Crippen LogP) is 3.62. The van der Waals surface area contributed by atoms with Gasteiger partial charge in [-0.2, -0.15) is 0 Å². The lowest BCUT2D eigenvalue weighted by Crippen LogP contribution is -2.70. The van der Waals surface area contributed by atoms with Crippen molar-refractivity contribution in [1.29, 1.82) is 0 Å². The van der Waals surface area contributed by atoms with Gasteiger partial charge in [0.25, 0.3) is 0 Å². The maximum atomic E-state index is 17.6. The van der Waals surface area contributed by atoms with Gasteiger partial charge in [-0.15, -0.1) is 0 Å². The minimum atomic E-state index is -2.10. The summed E-state index contributed by atoms with van der Waals surface area (Å²) in [5.74, 6) is -5.32. The summed E-state index contributed by atoms with van der Waals surface area (Å²) < 4.78 is 41.9. The van der Waals surface area contributed by atoms with Gasteiger partial charge in [-0.1, -0.05) is 41.2 Å². The smallest absolute Gasteiger partial charge is 0.329 e. The molecule has 11 nitrogen and oxygen atoms in total. The van der Waals surface area contributed by atoms with Crippen LogP contribution in [0.5, 0.6) is 0 Å². The highest BCUT2D eigenvalue weighted by Gasteiger charge is 2.80. The minimum Gasteiger partial charge on any atom is -0.464 e. The number of unbranched alkanes of at least 4 members (excludes halogenated alkanes) is 1. The van der Waals surface area contributed by atoms with E-state index in [1.54, 1.807) is 26.8 Å². The molecule has 1 amide bonds. The van der Waals surface area contributed by atoms with Crippen LogP contribution in [0.2, 0.25) is 0 Å². The van der Waals surface area contributed by atoms with E-state index in [0.29, 0.717) is 24.8 Å². The van der Waals surface area contributed by atoms with Gasteiger partial charge in [0.15, 0.2) is 29.4 Å². The monoisotopic (exact) mass is 773 g/mol. The van der Waals surface area contributed by atoms with Gasteiger partial charge in [-0.3, -0.25) is 19.2 Å². The van der Waals surface area contributed by atoms with Crippen molar-refractivity contribution in [1.82, 2.24) is 5.32 Å². The van der Waals surface area contributed by atoms with Crippen LogP contribution >= 0.6 is 22.6 Å². The number of fused-ring (bicyclic) bond motifs is 7. The van der Waals surface area contributed by atoms with E-state index in [9.17, 15) is 29.1 Å². The quantitative estimate of drug-likeness (QED) is 0.138. The first kappa shape index (κ1) is 36.1. The number of aliphatic hydroxyl groups excluding tert-OH is 1. The van der Waals surface area contributed by atoms with E-state index >= 15 is 4.39 Å². The average molecular weight is 774 g/mol. The van der Waals surface area contributed by atoms with Crippen LogP contribution in [0.15, 0.2) is 23.8 Å². The SMILES string of the molecule is CC(=O)NC(CC(=O)OCC(=O)[C@@]12OC(C)(C)O[C@@H]1C[C@H]1[C@@H]3CCC4=CC(=O)C=C[C@]4(C)[C@@]3(F)[C@@H](O)C[C@@]12C)C(=O)OCCCCI. The topological polar surface area (TPSA) is 155 Å². The largest absolute Gasteiger partial charge is 0.464 e. The highest BCUT2D eigenvalue weighted by molar-refractivity contribution is 14.1. The molecule has 0 aromatic heterocycles. The molecule has 1 saturated heterocycles. The van der Waals surface area contributed by atoms with Gasteiger partial charge < -0.3 is 29.4 Å². The fourth-order valence-electron chi connectivity index (χ4n) is 9.20. The molecule has 47 heavy (non-hydrogen) atoms. The van der Waals surface area contributed by atoms with Crippen LogP contribution in [-0.2, 0) is 42.9 Å². The highest BCUT2D eigenvalue weighted by atomic mass is 127. The zero-order valence-corrected chi connectivity index (χ0v) is 29.7. The molecule has 5 rings (SSSR count). The number of ketones is 2. The summed E-state index contributed by atoms with van der Waals surface area (Å²) in [5, 5.41) is 14.1. The van der Waals surface area contributed by atoms with Crippen LogP contribution in [-0.4, -0.2) is 87.5 Å². The number of hydrogen-bond donors (Lipinski definition) is 2. The second-order valence-electron chi connectivity index (χ2n) is 14.4. The molecule has 13 heteroatoms. The maximum Gasteiger partial charge on any atom is 0.329 e. The lowest BCUT2D eigenvalue weighted by Gasteiger charge is -2.62. The number of ether oxygens (including phenoxy) is 4. The van der Waals surface area contributed by atoms with Gasteiger partial charge in [-0.05, 0) is 81.8 Å². The van der Waals surface area contributed by atoms with E-state index in [0.717, 1.165) is 10.8 Å². The molecule has 1 unspecified atom stereocenters. The summed E-state index contributed by atoms with van der Waals surface area (Å²) in [6.45, 7) is 7.53. The Morgan fingerprint density at radius 3 is 2.55 bits per heavy atom. The Morgan fingerprint density at radius 1 is 1.15 bits per heavy atom. The number of nitrogens with one attached hydrogen (secondary N) is 1. The third-order valence-electron chi connectivity index (χ3n) is 11.2. The number of hydrogen-bond acceptors (Lipinski definition) is 10. The number of halogens is 2. The van der Waals surface area contributed by atoms with Crippen molar-refractivity contribution < 1.29 is 52.4 Å². The van der Waals surface area contributed by atoms with E-state index in [4.69, 9.17) is 18.9 Å². The fraction of sp³-hybridized carbons (Fsp3) is 0.735. The Hall–Kier alpha value is -2.23. The van der Waals surface area contributed by atoms with Crippen molar-refractivity contribution in [2.75, 3.05) is 17.6 Å². The van der Waals surface area contributed by atoms with Gasteiger partial charge >= 0.3 is 11.9 Å². The summed E-state index contributed by atoms with van der Waals surface area (Å²) in [5.41, 5.74) is -5.41.